The summed E-state index contributed by atoms with van der Waals surface area (Å²) in [6, 6.07) is 19.2. The lowest BCUT2D eigenvalue weighted by Gasteiger charge is -2.31. The number of tetrazole rings is 1. The van der Waals surface area contributed by atoms with Gasteiger partial charge in [-0.1, -0.05) is 53.6 Å². The predicted molar refractivity (Wildman–Crippen MR) is 104 cm³/mol. The van der Waals surface area contributed by atoms with Crippen LogP contribution in [-0.2, 0) is 6.54 Å². The molecule has 2 aromatic carbocycles. The Balaban J connectivity index is 1.30. The summed E-state index contributed by atoms with van der Waals surface area (Å²) in [7, 11) is 0. The maximum atomic E-state index is 5.99. The summed E-state index contributed by atoms with van der Waals surface area (Å²) in [6.45, 7) is 5.94. The largest absolute Gasteiger partial charge is 0.462 e. The van der Waals surface area contributed by atoms with Crippen molar-refractivity contribution in [3.63, 3.8) is 0 Å². The Morgan fingerprint density at radius 1 is 1.00 bits per heavy atom. The average molecular weight is 363 g/mol. The summed E-state index contributed by atoms with van der Waals surface area (Å²) in [6.07, 6.45) is 2.28. The van der Waals surface area contributed by atoms with Gasteiger partial charge in [0, 0.05) is 6.54 Å². The Hall–Kier alpha value is -2.73. The quantitative estimate of drug-likeness (QED) is 0.673. The van der Waals surface area contributed by atoms with Crippen LogP contribution in [0.4, 0.5) is 0 Å². The summed E-state index contributed by atoms with van der Waals surface area (Å²) < 4.78 is 7.67. The van der Waals surface area contributed by atoms with E-state index in [2.05, 4.69) is 50.8 Å². The Morgan fingerprint density at radius 2 is 1.74 bits per heavy atom. The van der Waals surface area contributed by atoms with Gasteiger partial charge in [0.2, 0.25) is 0 Å². The molecule has 0 saturated carbocycles. The highest BCUT2D eigenvalue weighted by Crippen LogP contribution is 2.22. The van der Waals surface area contributed by atoms with E-state index in [1.165, 1.54) is 5.56 Å². The summed E-state index contributed by atoms with van der Waals surface area (Å²) in [5.41, 5.74) is 3.45. The van der Waals surface area contributed by atoms with Crippen LogP contribution in [0.3, 0.4) is 0 Å². The van der Waals surface area contributed by atoms with Crippen molar-refractivity contribution in [2.45, 2.75) is 26.3 Å². The van der Waals surface area contributed by atoms with E-state index in [4.69, 9.17) is 4.74 Å². The van der Waals surface area contributed by atoms with Gasteiger partial charge in [-0.05, 0) is 66.4 Å². The first-order chi connectivity index (χ1) is 13.3. The van der Waals surface area contributed by atoms with Crippen molar-refractivity contribution in [2.24, 2.45) is 5.92 Å². The van der Waals surface area contributed by atoms with Crippen LogP contribution < -0.4 is 4.74 Å². The molecule has 1 aliphatic rings. The maximum absolute atomic E-state index is 5.99. The molecular weight excluding hydrogens is 338 g/mol. The molecule has 3 aromatic rings. The molecule has 6 heteroatoms. The highest BCUT2D eigenvalue weighted by molar-refractivity contribution is 5.40. The van der Waals surface area contributed by atoms with Gasteiger partial charge in [-0.3, -0.25) is 4.90 Å². The second-order valence-corrected chi connectivity index (χ2v) is 7.18. The minimum absolute atomic E-state index is 0.469. The number of benzene rings is 2. The normalized spacial score (nSPS) is 15.7. The van der Waals surface area contributed by atoms with Crippen LogP contribution >= 0.6 is 0 Å². The summed E-state index contributed by atoms with van der Waals surface area (Å²) in [4.78, 5) is 2.52. The van der Waals surface area contributed by atoms with Crippen LogP contribution in [-0.4, -0.2) is 44.8 Å². The van der Waals surface area contributed by atoms with Crippen LogP contribution in [0.2, 0.25) is 0 Å². The van der Waals surface area contributed by atoms with Crippen molar-refractivity contribution in [3.8, 4) is 11.7 Å². The fourth-order valence-corrected chi connectivity index (χ4v) is 3.57. The third kappa shape index (κ3) is 4.34. The average Bonchev–Trinajstić information content (AvgIpc) is 3.17. The van der Waals surface area contributed by atoms with Gasteiger partial charge in [0.15, 0.2) is 0 Å². The topological polar surface area (TPSA) is 56.1 Å². The second-order valence-electron chi connectivity index (χ2n) is 7.18. The summed E-state index contributed by atoms with van der Waals surface area (Å²) in [5.74, 6) is 0.541. The lowest BCUT2D eigenvalue weighted by Crippen LogP contribution is -2.35. The van der Waals surface area contributed by atoms with Gasteiger partial charge < -0.3 is 4.74 Å². The molecule has 1 aromatic heterocycles. The van der Waals surface area contributed by atoms with Crippen molar-refractivity contribution in [1.82, 2.24) is 25.1 Å². The predicted octanol–water partition coefficient (Wildman–Crippen LogP) is 3.26. The lowest BCUT2D eigenvalue weighted by molar-refractivity contribution is 0.130. The van der Waals surface area contributed by atoms with Crippen molar-refractivity contribution < 1.29 is 4.74 Å². The Morgan fingerprint density at radius 3 is 2.52 bits per heavy atom. The fraction of sp³-hybridized carbons (Fsp3) is 0.381. The highest BCUT2D eigenvalue weighted by atomic mass is 16.5. The molecule has 4 rings (SSSR count). The van der Waals surface area contributed by atoms with E-state index >= 15 is 0 Å². The van der Waals surface area contributed by atoms with E-state index < -0.39 is 0 Å². The van der Waals surface area contributed by atoms with Gasteiger partial charge in [-0.2, -0.15) is 4.68 Å². The van der Waals surface area contributed by atoms with Crippen LogP contribution in [0.25, 0.3) is 5.69 Å². The van der Waals surface area contributed by atoms with Gasteiger partial charge in [0.05, 0.1) is 12.3 Å². The van der Waals surface area contributed by atoms with E-state index in [1.54, 1.807) is 4.68 Å². The number of rotatable bonds is 6. The zero-order valence-corrected chi connectivity index (χ0v) is 15.7. The molecule has 6 nitrogen and oxygen atoms in total. The van der Waals surface area contributed by atoms with Crippen LogP contribution in [0.15, 0.2) is 54.6 Å². The molecule has 0 unspecified atom stereocenters. The van der Waals surface area contributed by atoms with Gasteiger partial charge in [-0.25, -0.2) is 0 Å². The number of aryl methyl sites for hydroxylation is 1. The monoisotopic (exact) mass is 363 g/mol. The zero-order valence-electron chi connectivity index (χ0n) is 15.7. The minimum Gasteiger partial charge on any atom is -0.462 e. The van der Waals surface area contributed by atoms with Crippen molar-refractivity contribution in [3.05, 3.63) is 65.7 Å². The van der Waals surface area contributed by atoms with Crippen LogP contribution in [0, 0.1) is 12.8 Å². The number of hydrogen-bond acceptors (Lipinski definition) is 5. The number of nitrogens with zero attached hydrogens (tertiary/aromatic N) is 5. The molecule has 0 aliphatic carbocycles. The molecule has 0 atom stereocenters. The second kappa shape index (κ2) is 8.31. The molecule has 0 radical (unpaired) electrons. The minimum atomic E-state index is 0.469. The molecule has 0 N–H and O–H groups in total. The van der Waals surface area contributed by atoms with Crippen molar-refractivity contribution in [2.75, 3.05) is 19.7 Å². The Labute approximate surface area is 159 Å². The number of likely N-dealkylation sites (tertiary alicyclic amines) is 1. The van der Waals surface area contributed by atoms with Crippen molar-refractivity contribution >= 4 is 0 Å². The molecule has 0 amide bonds. The molecule has 1 aliphatic heterocycles. The Kier molecular flexibility index (Phi) is 5.44. The molecule has 140 valence electrons. The SMILES string of the molecule is Cc1ccccc1-n1nnnc1OCC1CCN(Cc2ccccc2)CC1. The molecule has 1 saturated heterocycles. The first-order valence-electron chi connectivity index (χ1n) is 9.53. The molecule has 2 heterocycles. The van der Waals surface area contributed by atoms with Gasteiger partial charge >= 0.3 is 6.01 Å². The van der Waals surface area contributed by atoms with E-state index in [0.717, 1.165) is 43.7 Å². The number of hydrogen-bond donors (Lipinski definition) is 0. The Bertz CT molecular complexity index is 856. The third-order valence-corrected chi connectivity index (χ3v) is 5.19. The van der Waals surface area contributed by atoms with E-state index in [1.807, 2.05) is 31.2 Å². The zero-order chi connectivity index (χ0) is 18.5. The van der Waals surface area contributed by atoms with E-state index in [9.17, 15) is 0 Å². The number of piperidine rings is 1. The number of aromatic nitrogens is 4. The van der Waals surface area contributed by atoms with Crippen LogP contribution in [0.1, 0.15) is 24.0 Å². The molecule has 0 bridgehead atoms. The maximum Gasteiger partial charge on any atom is 0.340 e. The van der Waals surface area contributed by atoms with E-state index in [0.29, 0.717) is 18.5 Å². The highest BCUT2D eigenvalue weighted by Gasteiger charge is 2.21. The smallest absolute Gasteiger partial charge is 0.340 e. The van der Waals surface area contributed by atoms with Gasteiger partial charge in [0.25, 0.3) is 0 Å². The van der Waals surface area contributed by atoms with Gasteiger partial charge in [-0.15, -0.1) is 0 Å². The van der Waals surface area contributed by atoms with E-state index in [-0.39, 0.29) is 0 Å². The first kappa shape index (κ1) is 17.7. The lowest BCUT2D eigenvalue weighted by atomic mass is 9.97. The third-order valence-electron chi connectivity index (χ3n) is 5.19. The molecule has 0 spiro atoms. The van der Waals surface area contributed by atoms with Crippen LogP contribution in [0.5, 0.6) is 6.01 Å². The summed E-state index contributed by atoms with van der Waals surface area (Å²) in [5, 5.41) is 11.9. The van der Waals surface area contributed by atoms with Crippen molar-refractivity contribution in [1.29, 1.82) is 0 Å². The molecular formula is C21H25N5O. The number of ether oxygens (including phenoxy) is 1. The number of para-hydroxylation sites is 1. The fourth-order valence-electron chi connectivity index (χ4n) is 3.57. The van der Waals surface area contributed by atoms with Gasteiger partial charge in [0.1, 0.15) is 0 Å². The summed E-state index contributed by atoms with van der Waals surface area (Å²) >= 11 is 0. The standard InChI is InChI=1S/C21H25N5O/c1-17-7-5-6-10-20(17)26-21(22-23-24-26)27-16-19-11-13-25(14-12-19)15-18-8-3-2-4-9-18/h2-10,19H,11-16H2,1H3. The molecule has 1 fully saturated rings. The first-order valence-corrected chi connectivity index (χ1v) is 9.53. The molecule has 27 heavy (non-hydrogen) atoms.